The van der Waals surface area contributed by atoms with Gasteiger partial charge in [-0.05, 0) is 91.9 Å². The summed E-state index contributed by atoms with van der Waals surface area (Å²) in [5.74, 6) is 2.77. The fraction of sp³-hybridized carbons (Fsp3) is 0.333. The molecule has 0 spiro atoms. The molecule has 0 aliphatic carbocycles. The number of likely N-dealkylation sites (tertiary alicyclic amines) is 1. The van der Waals surface area contributed by atoms with Crippen molar-refractivity contribution in [3.05, 3.63) is 83.4 Å². The Bertz CT molecular complexity index is 1220. The van der Waals surface area contributed by atoms with Gasteiger partial charge in [0.1, 0.15) is 35.7 Å². The lowest BCUT2D eigenvalue weighted by molar-refractivity contribution is 0.169. The Morgan fingerprint density at radius 2 is 1.71 bits per heavy atom. The van der Waals surface area contributed by atoms with Crippen LogP contribution in [-0.4, -0.2) is 40.9 Å². The van der Waals surface area contributed by atoms with Gasteiger partial charge in [0.25, 0.3) is 0 Å². The van der Waals surface area contributed by atoms with Gasteiger partial charge in [0.15, 0.2) is 0 Å². The molecule has 0 saturated carbocycles. The first kappa shape index (κ1) is 23.3. The minimum absolute atomic E-state index is 0.203. The molecule has 2 aliphatic rings. The van der Waals surface area contributed by atoms with Crippen molar-refractivity contribution in [2.24, 2.45) is 5.92 Å². The average Bonchev–Trinajstić information content (AvgIpc) is 3.30. The topological polar surface area (TPSA) is 62.2 Å². The largest absolute Gasteiger partial charge is 0.508 e. The van der Waals surface area contributed by atoms with Crippen LogP contribution in [0.5, 0.6) is 23.0 Å². The van der Waals surface area contributed by atoms with Gasteiger partial charge in [-0.25, -0.2) is 0 Å². The molecule has 0 bridgehead atoms. The first-order valence-electron chi connectivity index (χ1n) is 12.4. The smallest absolute Gasteiger partial charge is 0.150 e. The van der Waals surface area contributed by atoms with E-state index in [0.717, 1.165) is 58.3 Å². The second-order valence-corrected chi connectivity index (χ2v) is 9.88. The minimum atomic E-state index is -0.323. The molecule has 2 N–H and O–H groups in total. The Morgan fingerprint density at radius 3 is 2.40 bits per heavy atom. The van der Waals surface area contributed by atoms with Crippen molar-refractivity contribution in [1.82, 2.24) is 4.90 Å². The highest BCUT2D eigenvalue weighted by Gasteiger charge is 2.30. The number of phenolic OH excluding ortho intramolecular Hbond substituents is 2. The predicted octanol–water partition coefficient (Wildman–Crippen LogP) is 6.27. The van der Waals surface area contributed by atoms with Crippen LogP contribution in [0.3, 0.4) is 0 Å². The highest BCUT2D eigenvalue weighted by molar-refractivity contribution is 5.95. The van der Waals surface area contributed by atoms with E-state index in [-0.39, 0.29) is 17.6 Å². The summed E-state index contributed by atoms with van der Waals surface area (Å²) in [6.07, 6.45) is 0.940. The SMILES string of the molecule is CC1=C(c2ccc(O)cc2)C(c2ccc(OC[C@H](C)N3CC[C@@H](C)C3)cc2)Oc2ccc(O)cc21. The first-order chi connectivity index (χ1) is 16.9. The quantitative estimate of drug-likeness (QED) is 0.444. The third-order valence-electron chi connectivity index (χ3n) is 7.21. The number of aromatic hydroxyl groups is 2. The number of fused-ring (bicyclic) bond motifs is 1. The molecule has 182 valence electrons. The third kappa shape index (κ3) is 4.87. The highest BCUT2D eigenvalue weighted by Crippen LogP contribution is 2.47. The van der Waals surface area contributed by atoms with Gasteiger partial charge < -0.3 is 19.7 Å². The number of hydrogen-bond acceptors (Lipinski definition) is 5. The molecule has 35 heavy (non-hydrogen) atoms. The van der Waals surface area contributed by atoms with E-state index in [1.165, 1.54) is 6.42 Å². The Morgan fingerprint density at radius 1 is 1.00 bits per heavy atom. The normalized spacial score (nSPS) is 20.9. The average molecular weight is 472 g/mol. The monoisotopic (exact) mass is 471 g/mol. The molecule has 2 heterocycles. The number of rotatable bonds is 6. The zero-order valence-corrected chi connectivity index (χ0v) is 20.6. The van der Waals surface area contributed by atoms with E-state index < -0.39 is 0 Å². The third-order valence-corrected chi connectivity index (χ3v) is 7.21. The molecule has 5 rings (SSSR count). The molecule has 3 atom stereocenters. The molecule has 1 fully saturated rings. The van der Waals surface area contributed by atoms with E-state index in [9.17, 15) is 10.2 Å². The number of hydrogen-bond donors (Lipinski definition) is 2. The zero-order valence-electron chi connectivity index (χ0n) is 20.6. The number of nitrogens with zero attached hydrogens (tertiary/aromatic N) is 1. The number of ether oxygens (including phenoxy) is 2. The van der Waals surface area contributed by atoms with Crippen LogP contribution < -0.4 is 9.47 Å². The van der Waals surface area contributed by atoms with Gasteiger partial charge in [-0.2, -0.15) is 0 Å². The summed E-state index contributed by atoms with van der Waals surface area (Å²) in [6.45, 7) is 9.55. The summed E-state index contributed by atoms with van der Waals surface area (Å²) in [4.78, 5) is 2.50. The summed E-state index contributed by atoms with van der Waals surface area (Å²) in [6, 6.07) is 20.9. The first-order valence-corrected chi connectivity index (χ1v) is 12.4. The molecule has 0 amide bonds. The number of allylic oxidation sites excluding steroid dienone is 1. The molecule has 3 aromatic rings. The van der Waals surface area contributed by atoms with Crippen LogP contribution >= 0.6 is 0 Å². The zero-order chi connectivity index (χ0) is 24.5. The standard InChI is InChI=1S/C30H33NO4/c1-19-14-15-31(17-19)20(2)18-34-26-11-6-23(7-12-26)30-29(22-4-8-24(32)9-5-22)21(3)27-16-25(33)10-13-28(27)35-30/h4-13,16,19-20,30,32-33H,14-15,17-18H2,1-3H3/t19-,20+,30?/m1/s1. The van der Waals surface area contributed by atoms with Gasteiger partial charge in [-0.15, -0.1) is 0 Å². The molecule has 2 aliphatic heterocycles. The van der Waals surface area contributed by atoms with Crippen LogP contribution in [0, 0.1) is 5.92 Å². The van der Waals surface area contributed by atoms with Gasteiger partial charge in [-0.3, -0.25) is 4.90 Å². The maximum atomic E-state index is 10.1. The van der Waals surface area contributed by atoms with Crippen molar-refractivity contribution < 1.29 is 19.7 Å². The van der Waals surface area contributed by atoms with Gasteiger partial charge in [-0.1, -0.05) is 31.2 Å². The predicted molar refractivity (Wildman–Crippen MR) is 139 cm³/mol. The van der Waals surface area contributed by atoms with Crippen LogP contribution in [0.2, 0.25) is 0 Å². The van der Waals surface area contributed by atoms with Crippen LogP contribution in [0.25, 0.3) is 11.1 Å². The van der Waals surface area contributed by atoms with Crippen LogP contribution in [0.1, 0.15) is 50.0 Å². The Balaban J connectivity index is 1.40. The summed E-state index contributed by atoms with van der Waals surface area (Å²) < 4.78 is 12.6. The maximum Gasteiger partial charge on any atom is 0.150 e. The lowest BCUT2D eigenvalue weighted by Crippen LogP contribution is -2.35. The molecular formula is C30H33NO4. The van der Waals surface area contributed by atoms with E-state index in [2.05, 4.69) is 30.9 Å². The number of benzene rings is 3. The van der Waals surface area contributed by atoms with Crippen molar-refractivity contribution >= 4 is 11.1 Å². The fourth-order valence-corrected chi connectivity index (χ4v) is 5.12. The Labute approximate surface area is 207 Å². The van der Waals surface area contributed by atoms with E-state index in [1.807, 2.05) is 37.3 Å². The summed E-state index contributed by atoms with van der Waals surface area (Å²) in [5.41, 5.74) is 4.89. The van der Waals surface area contributed by atoms with Crippen molar-refractivity contribution in [3.8, 4) is 23.0 Å². The molecule has 3 aromatic carbocycles. The number of phenols is 2. The Hall–Kier alpha value is -3.44. The summed E-state index contributed by atoms with van der Waals surface area (Å²) in [7, 11) is 0. The van der Waals surface area contributed by atoms with Gasteiger partial charge in [0, 0.05) is 23.7 Å². The van der Waals surface area contributed by atoms with Crippen molar-refractivity contribution in [1.29, 1.82) is 0 Å². The second kappa shape index (κ2) is 9.67. The lowest BCUT2D eigenvalue weighted by Gasteiger charge is -2.31. The summed E-state index contributed by atoms with van der Waals surface area (Å²) in [5, 5.41) is 19.9. The molecule has 0 aromatic heterocycles. The maximum absolute atomic E-state index is 10.1. The van der Waals surface area contributed by atoms with E-state index >= 15 is 0 Å². The van der Waals surface area contributed by atoms with Crippen LogP contribution in [0.15, 0.2) is 66.7 Å². The van der Waals surface area contributed by atoms with Gasteiger partial charge in [0.05, 0.1) is 0 Å². The highest BCUT2D eigenvalue weighted by atomic mass is 16.5. The molecule has 1 unspecified atom stereocenters. The van der Waals surface area contributed by atoms with Crippen molar-refractivity contribution in [2.75, 3.05) is 19.7 Å². The van der Waals surface area contributed by atoms with E-state index in [1.54, 1.807) is 24.3 Å². The second-order valence-electron chi connectivity index (χ2n) is 9.88. The van der Waals surface area contributed by atoms with Crippen molar-refractivity contribution in [2.45, 2.75) is 39.3 Å². The van der Waals surface area contributed by atoms with Crippen LogP contribution in [0.4, 0.5) is 0 Å². The van der Waals surface area contributed by atoms with Gasteiger partial charge in [0.2, 0.25) is 0 Å². The molecule has 5 nitrogen and oxygen atoms in total. The minimum Gasteiger partial charge on any atom is -0.508 e. The molecule has 1 saturated heterocycles. The van der Waals surface area contributed by atoms with E-state index in [4.69, 9.17) is 9.47 Å². The van der Waals surface area contributed by atoms with Crippen molar-refractivity contribution in [3.63, 3.8) is 0 Å². The molecule has 5 heteroatoms. The molecule has 0 radical (unpaired) electrons. The lowest BCUT2D eigenvalue weighted by atomic mass is 9.86. The fourth-order valence-electron chi connectivity index (χ4n) is 5.12. The summed E-state index contributed by atoms with van der Waals surface area (Å²) >= 11 is 0. The molecular weight excluding hydrogens is 438 g/mol. The Kier molecular flexibility index (Phi) is 6.44. The van der Waals surface area contributed by atoms with Crippen LogP contribution in [-0.2, 0) is 0 Å². The van der Waals surface area contributed by atoms with Gasteiger partial charge >= 0.3 is 0 Å². The van der Waals surface area contributed by atoms with E-state index in [0.29, 0.717) is 12.6 Å².